The summed E-state index contributed by atoms with van der Waals surface area (Å²) in [6.07, 6.45) is 0.120. The summed E-state index contributed by atoms with van der Waals surface area (Å²) in [5.74, 6) is -0.797. The van der Waals surface area contributed by atoms with Gasteiger partial charge < -0.3 is 10.4 Å². The maximum atomic E-state index is 10.3. The monoisotopic (exact) mass is 227 g/mol. The molecule has 0 radical (unpaired) electrons. The van der Waals surface area contributed by atoms with E-state index < -0.39 is 5.97 Å². The van der Waals surface area contributed by atoms with Crippen LogP contribution < -0.4 is 5.32 Å². The second-order valence-corrected chi connectivity index (χ2v) is 3.75. The van der Waals surface area contributed by atoms with Crippen LogP contribution in [-0.4, -0.2) is 17.6 Å². The van der Waals surface area contributed by atoms with Crippen molar-refractivity contribution in [3.05, 3.63) is 34.9 Å². The summed E-state index contributed by atoms with van der Waals surface area (Å²) >= 11 is 6.00. The smallest absolute Gasteiger partial charge is 0.304 e. The summed E-state index contributed by atoms with van der Waals surface area (Å²) in [4.78, 5) is 10.3. The molecule has 0 aromatic heterocycles. The second kappa shape index (κ2) is 5.73. The van der Waals surface area contributed by atoms with E-state index in [2.05, 4.69) is 5.32 Å². The highest BCUT2D eigenvalue weighted by molar-refractivity contribution is 6.31. The number of rotatable bonds is 5. The molecule has 1 atom stereocenters. The average Bonchev–Trinajstić information content (AvgIpc) is 2.17. The van der Waals surface area contributed by atoms with Crippen LogP contribution in [0, 0.1) is 0 Å². The molecular weight excluding hydrogens is 214 g/mol. The molecule has 15 heavy (non-hydrogen) atoms. The molecule has 0 aliphatic rings. The molecule has 0 aliphatic carbocycles. The lowest BCUT2D eigenvalue weighted by atomic mass is 10.1. The van der Waals surface area contributed by atoms with E-state index in [-0.39, 0.29) is 12.5 Å². The number of carboxylic acid groups (broad SMARTS) is 1. The van der Waals surface area contributed by atoms with Gasteiger partial charge in [0.25, 0.3) is 0 Å². The third-order valence-corrected chi connectivity index (χ3v) is 2.51. The van der Waals surface area contributed by atoms with Gasteiger partial charge in [-0.2, -0.15) is 0 Å². The Morgan fingerprint density at radius 1 is 1.53 bits per heavy atom. The number of carbonyl (C=O) groups is 1. The maximum Gasteiger partial charge on any atom is 0.304 e. The summed E-state index contributed by atoms with van der Waals surface area (Å²) in [6.45, 7) is 2.41. The Hall–Kier alpha value is -1.06. The highest BCUT2D eigenvalue weighted by Gasteiger charge is 2.08. The molecular formula is C11H14ClNO2. The number of hydrogen-bond donors (Lipinski definition) is 2. The number of carboxylic acids is 1. The van der Waals surface area contributed by atoms with Gasteiger partial charge in [0, 0.05) is 17.6 Å². The van der Waals surface area contributed by atoms with E-state index >= 15 is 0 Å². The van der Waals surface area contributed by atoms with Gasteiger partial charge in [0.05, 0.1) is 6.42 Å². The van der Waals surface area contributed by atoms with Gasteiger partial charge in [-0.3, -0.25) is 4.79 Å². The summed E-state index contributed by atoms with van der Waals surface area (Å²) in [5.41, 5.74) is 0.990. The quantitative estimate of drug-likeness (QED) is 0.813. The van der Waals surface area contributed by atoms with E-state index in [1.807, 2.05) is 31.2 Å². The highest BCUT2D eigenvalue weighted by Crippen LogP contribution is 2.21. The van der Waals surface area contributed by atoms with Crippen molar-refractivity contribution in [2.45, 2.75) is 19.4 Å². The predicted octanol–water partition coefficient (Wildman–Crippen LogP) is 2.47. The van der Waals surface area contributed by atoms with Crippen LogP contribution in [0.5, 0.6) is 0 Å². The maximum absolute atomic E-state index is 10.3. The summed E-state index contributed by atoms with van der Waals surface area (Å²) in [7, 11) is 0. The molecule has 4 heteroatoms. The van der Waals surface area contributed by atoms with Gasteiger partial charge in [-0.15, -0.1) is 0 Å². The van der Waals surface area contributed by atoms with Crippen LogP contribution in [0.25, 0.3) is 0 Å². The van der Waals surface area contributed by atoms with Crippen LogP contribution in [0.3, 0.4) is 0 Å². The lowest BCUT2D eigenvalue weighted by molar-refractivity contribution is -0.136. The van der Waals surface area contributed by atoms with Gasteiger partial charge in [0.1, 0.15) is 0 Å². The Balaban J connectivity index is 2.50. The van der Waals surface area contributed by atoms with Crippen molar-refractivity contribution >= 4 is 17.6 Å². The predicted molar refractivity (Wildman–Crippen MR) is 60.1 cm³/mol. The molecule has 0 bridgehead atoms. The first-order chi connectivity index (χ1) is 7.11. The zero-order valence-corrected chi connectivity index (χ0v) is 9.29. The molecule has 0 saturated carbocycles. The molecule has 0 amide bonds. The summed E-state index contributed by atoms with van der Waals surface area (Å²) in [6, 6.07) is 7.61. The molecule has 0 unspecified atom stereocenters. The van der Waals surface area contributed by atoms with E-state index in [9.17, 15) is 4.79 Å². The zero-order valence-electron chi connectivity index (χ0n) is 8.53. The number of benzene rings is 1. The fourth-order valence-corrected chi connectivity index (χ4v) is 1.63. The Kier molecular flexibility index (Phi) is 4.59. The van der Waals surface area contributed by atoms with Crippen LogP contribution in [0.2, 0.25) is 5.02 Å². The van der Waals surface area contributed by atoms with Crippen molar-refractivity contribution in [1.82, 2.24) is 5.32 Å². The molecule has 82 valence electrons. The molecule has 0 fully saturated rings. The van der Waals surface area contributed by atoms with Crippen LogP contribution in [0.4, 0.5) is 0 Å². The molecule has 3 nitrogen and oxygen atoms in total. The second-order valence-electron chi connectivity index (χ2n) is 3.34. The molecule has 1 aromatic carbocycles. The largest absolute Gasteiger partial charge is 0.481 e. The SMILES string of the molecule is C[C@H](NCCC(=O)O)c1ccccc1Cl. The lowest BCUT2D eigenvalue weighted by Crippen LogP contribution is -2.22. The number of hydrogen-bond acceptors (Lipinski definition) is 2. The van der Waals surface area contributed by atoms with Crippen LogP contribution in [0.15, 0.2) is 24.3 Å². The highest BCUT2D eigenvalue weighted by atomic mass is 35.5. The third-order valence-electron chi connectivity index (χ3n) is 2.16. The van der Waals surface area contributed by atoms with Crippen molar-refractivity contribution in [2.75, 3.05) is 6.54 Å². The topological polar surface area (TPSA) is 49.3 Å². The number of nitrogens with one attached hydrogen (secondary N) is 1. The average molecular weight is 228 g/mol. The minimum atomic E-state index is -0.797. The first-order valence-electron chi connectivity index (χ1n) is 4.81. The number of halogens is 1. The van der Waals surface area contributed by atoms with Gasteiger partial charge in [-0.05, 0) is 18.6 Å². The normalized spacial score (nSPS) is 12.4. The molecule has 0 spiro atoms. The Bertz CT molecular complexity index is 341. The van der Waals surface area contributed by atoms with Gasteiger partial charge in [-0.25, -0.2) is 0 Å². The third kappa shape index (κ3) is 3.90. The van der Waals surface area contributed by atoms with Gasteiger partial charge in [0.2, 0.25) is 0 Å². The minimum Gasteiger partial charge on any atom is -0.481 e. The Morgan fingerprint density at radius 2 is 2.20 bits per heavy atom. The first-order valence-corrected chi connectivity index (χ1v) is 5.18. The van der Waals surface area contributed by atoms with Crippen molar-refractivity contribution < 1.29 is 9.90 Å². The summed E-state index contributed by atoms with van der Waals surface area (Å²) in [5, 5.41) is 12.3. The fourth-order valence-electron chi connectivity index (χ4n) is 1.33. The zero-order chi connectivity index (χ0) is 11.3. The van der Waals surface area contributed by atoms with Gasteiger partial charge >= 0.3 is 5.97 Å². The van der Waals surface area contributed by atoms with Gasteiger partial charge in [-0.1, -0.05) is 29.8 Å². The number of aliphatic carboxylic acids is 1. The van der Waals surface area contributed by atoms with Crippen molar-refractivity contribution in [1.29, 1.82) is 0 Å². The summed E-state index contributed by atoms with van der Waals surface area (Å²) < 4.78 is 0. The first kappa shape index (κ1) is 12.0. The van der Waals surface area contributed by atoms with Crippen LogP contribution in [0.1, 0.15) is 24.9 Å². The standard InChI is InChI=1S/C11H14ClNO2/c1-8(13-7-6-11(14)15)9-4-2-3-5-10(9)12/h2-5,8,13H,6-7H2,1H3,(H,14,15)/t8-/m0/s1. The minimum absolute atomic E-state index is 0.0676. The molecule has 1 aromatic rings. The van der Waals surface area contributed by atoms with Gasteiger partial charge in [0.15, 0.2) is 0 Å². The molecule has 0 saturated heterocycles. The molecule has 0 heterocycles. The molecule has 0 aliphatic heterocycles. The molecule has 1 rings (SSSR count). The Labute approximate surface area is 94.1 Å². The van der Waals surface area contributed by atoms with Crippen LogP contribution in [-0.2, 0) is 4.79 Å². The molecule has 2 N–H and O–H groups in total. The van der Waals surface area contributed by atoms with Crippen LogP contribution >= 0.6 is 11.6 Å². The van der Waals surface area contributed by atoms with E-state index in [4.69, 9.17) is 16.7 Å². The van der Waals surface area contributed by atoms with Crippen molar-refractivity contribution in [3.63, 3.8) is 0 Å². The fraction of sp³-hybridized carbons (Fsp3) is 0.364. The van der Waals surface area contributed by atoms with Crippen molar-refractivity contribution in [3.8, 4) is 0 Å². The Morgan fingerprint density at radius 3 is 2.80 bits per heavy atom. The van der Waals surface area contributed by atoms with E-state index in [0.29, 0.717) is 11.6 Å². The van der Waals surface area contributed by atoms with E-state index in [0.717, 1.165) is 5.56 Å². The van der Waals surface area contributed by atoms with E-state index in [1.54, 1.807) is 0 Å². The van der Waals surface area contributed by atoms with E-state index in [1.165, 1.54) is 0 Å². The van der Waals surface area contributed by atoms with Crippen molar-refractivity contribution in [2.24, 2.45) is 0 Å². The lowest BCUT2D eigenvalue weighted by Gasteiger charge is -2.14.